The molecule has 38 heavy (non-hydrogen) atoms. The minimum Gasteiger partial charge on any atom is -0.436 e. The van der Waals surface area contributed by atoms with E-state index in [1.165, 1.54) is 6.92 Å². The number of carbonyl (C=O) groups excluding carboxylic acids is 1. The zero-order chi connectivity index (χ0) is 27.7. The first-order chi connectivity index (χ1) is 17.8. The number of anilines is 3. The molecule has 0 spiro atoms. The average Bonchev–Trinajstić information content (AvgIpc) is 3.43. The van der Waals surface area contributed by atoms with Gasteiger partial charge in [0.05, 0.1) is 17.4 Å². The Morgan fingerprint density at radius 1 is 1.08 bits per heavy atom. The number of rotatable bonds is 7. The molecular formula is C26H28F3N7O2. The van der Waals surface area contributed by atoms with Gasteiger partial charge in [-0.2, -0.15) is 18.3 Å². The van der Waals surface area contributed by atoms with Gasteiger partial charge in [-0.05, 0) is 63.8 Å². The SMILES string of the molecule is Cc1nc(C(=O)Nc2ccc(C)c(CCc3cc(Nc4cnccn4)n(C(C)(C)C)n3)c2)c(C(F)(F)F)o1. The van der Waals surface area contributed by atoms with E-state index in [4.69, 9.17) is 5.10 Å². The fourth-order valence-corrected chi connectivity index (χ4v) is 3.89. The second kappa shape index (κ2) is 10.3. The van der Waals surface area contributed by atoms with Gasteiger partial charge in [0.1, 0.15) is 11.6 Å². The Morgan fingerprint density at radius 2 is 1.84 bits per heavy atom. The highest BCUT2D eigenvalue weighted by molar-refractivity contribution is 6.03. The predicted molar refractivity (Wildman–Crippen MR) is 135 cm³/mol. The Morgan fingerprint density at radius 3 is 2.50 bits per heavy atom. The number of halogens is 3. The van der Waals surface area contributed by atoms with Crippen molar-refractivity contribution in [1.29, 1.82) is 0 Å². The molecule has 0 aliphatic rings. The van der Waals surface area contributed by atoms with Gasteiger partial charge < -0.3 is 15.1 Å². The van der Waals surface area contributed by atoms with E-state index >= 15 is 0 Å². The van der Waals surface area contributed by atoms with Crippen molar-refractivity contribution in [2.45, 2.75) is 59.2 Å². The normalized spacial score (nSPS) is 12.0. The van der Waals surface area contributed by atoms with Crippen LogP contribution in [0.25, 0.3) is 0 Å². The van der Waals surface area contributed by atoms with Crippen LogP contribution in [0.4, 0.5) is 30.5 Å². The van der Waals surface area contributed by atoms with Crippen molar-refractivity contribution < 1.29 is 22.4 Å². The van der Waals surface area contributed by atoms with E-state index in [0.29, 0.717) is 24.3 Å². The van der Waals surface area contributed by atoms with Crippen molar-refractivity contribution in [3.63, 3.8) is 0 Å². The summed E-state index contributed by atoms with van der Waals surface area (Å²) in [6.07, 6.45) is 1.18. The molecule has 0 radical (unpaired) electrons. The highest BCUT2D eigenvalue weighted by atomic mass is 19.4. The second-order valence-electron chi connectivity index (χ2n) is 9.82. The molecule has 3 heterocycles. The summed E-state index contributed by atoms with van der Waals surface area (Å²) in [6, 6.07) is 7.13. The van der Waals surface area contributed by atoms with Gasteiger partial charge in [0, 0.05) is 31.1 Å². The van der Waals surface area contributed by atoms with Gasteiger partial charge in [0.15, 0.2) is 11.6 Å². The molecule has 4 aromatic rings. The number of oxazole rings is 1. The number of carbonyl (C=O) groups is 1. The van der Waals surface area contributed by atoms with Crippen LogP contribution >= 0.6 is 0 Å². The summed E-state index contributed by atoms with van der Waals surface area (Å²) in [5.41, 5.74) is 2.00. The molecule has 200 valence electrons. The number of alkyl halides is 3. The van der Waals surface area contributed by atoms with Gasteiger partial charge >= 0.3 is 6.18 Å². The van der Waals surface area contributed by atoms with Crippen LogP contribution < -0.4 is 10.6 Å². The molecule has 4 rings (SSSR count). The van der Waals surface area contributed by atoms with Crippen molar-refractivity contribution in [1.82, 2.24) is 24.7 Å². The van der Waals surface area contributed by atoms with Crippen LogP contribution in [0.5, 0.6) is 0 Å². The standard InChI is InChI=1S/C26H28F3N7O2/c1-15-6-8-18(33-24(37)22-23(26(27,28)29)38-16(2)32-22)12-17(15)7-9-19-13-21(36(35-19)25(3,4)5)34-20-14-30-10-11-31-20/h6,8,10-14H,7,9H2,1-5H3,(H,31,34)(H,33,37). The molecule has 0 unspecified atom stereocenters. The zero-order valence-corrected chi connectivity index (χ0v) is 21.6. The molecule has 3 aromatic heterocycles. The molecule has 1 amide bonds. The van der Waals surface area contributed by atoms with E-state index in [1.54, 1.807) is 36.8 Å². The highest BCUT2D eigenvalue weighted by Crippen LogP contribution is 2.33. The maximum absolute atomic E-state index is 13.2. The molecular weight excluding hydrogens is 499 g/mol. The molecule has 0 fully saturated rings. The maximum atomic E-state index is 13.2. The molecule has 12 heteroatoms. The summed E-state index contributed by atoms with van der Waals surface area (Å²) >= 11 is 0. The molecule has 0 bridgehead atoms. The van der Waals surface area contributed by atoms with Gasteiger partial charge in [0.2, 0.25) is 5.76 Å². The van der Waals surface area contributed by atoms with Crippen LogP contribution in [-0.4, -0.2) is 30.6 Å². The third-order valence-electron chi connectivity index (χ3n) is 5.68. The molecule has 0 saturated heterocycles. The van der Waals surface area contributed by atoms with E-state index in [-0.39, 0.29) is 11.4 Å². The summed E-state index contributed by atoms with van der Waals surface area (Å²) in [5.74, 6) is -1.28. The van der Waals surface area contributed by atoms with Crippen LogP contribution in [0, 0.1) is 13.8 Å². The van der Waals surface area contributed by atoms with E-state index in [9.17, 15) is 18.0 Å². The zero-order valence-electron chi connectivity index (χ0n) is 21.6. The van der Waals surface area contributed by atoms with Gasteiger partial charge in [-0.1, -0.05) is 6.07 Å². The molecule has 9 nitrogen and oxygen atoms in total. The number of aromatic nitrogens is 5. The molecule has 0 atom stereocenters. The van der Waals surface area contributed by atoms with Crippen molar-refractivity contribution >= 4 is 23.2 Å². The number of nitrogens with one attached hydrogen (secondary N) is 2. The van der Waals surface area contributed by atoms with E-state index in [1.807, 2.05) is 38.4 Å². The Kier molecular flexibility index (Phi) is 7.25. The first-order valence-corrected chi connectivity index (χ1v) is 11.9. The summed E-state index contributed by atoms with van der Waals surface area (Å²) in [5, 5.41) is 10.5. The van der Waals surface area contributed by atoms with Crippen LogP contribution in [0.1, 0.15) is 59.7 Å². The monoisotopic (exact) mass is 527 g/mol. The summed E-state index contributed by atoms with van der Waals surface area (Å²) in [6.45, 7) is 9.32. The largest absolute Gasteiger partial charge is 0.452 e. The number of hydrogen-bond acceptors (Lipinski definition) is 7. The Labute approximate surface area is 217 Å². The fraction of sp³-hybridized carbons (Fsp3) is 0.346. The van der Waals surface area contributed by atoms with Crippen LogP contribution in [0.2, 0.25) is 0 Å². The Hall–Kier alpha value is -4.22. The number of hydrogen-bond donors (Lipinski definition) is 2. The first-order valence-electron chi connectivity index (χ1n) is 11.9. The van der Waals surface area contributed by atoms with Gasteiger partial charge in [-0.25, -0.2) is 14.6 Å². The number of amides is 1. The maximum Gasteiger partial charge on any atom is 0.452 e. The van der Waals surface area contributed by atoms with Crippen LogP contribution in [-0.2, 0) is 24.6 Å². The molecule has 2 N–H and O–H groups in total. The fourth-order valence-electron chi connectivity index (χ4n) is 3.89. The molecule has 1 aromatic carbocycles. The Balaban J connectivity index is 1.51. The Bertz CT molecular complexity index is 1440. The summed E-state index contributed by atoms with van der Waals surface area (Å²) < 4.78 is 46.2. The lowest BCUT2D eigenvalue weighted by Gasteiger charge is -2.22. The minimum absolute atomic E-state index is 0.241. The van der Waals surface area contributed by atoms with Gasteiger partial charge in [0.25, 0.3) is 5.91 Å². The van der Waals surface area contributed by atoms with Crippen molar-refractivity contribution in [2.24, 2.45) is 0 Å². The van der Waals surface area contributed by atoms with Crippen LogP contribution in [0.3, 0.4) is 0 Å². The van der Waals surface area contributed by atoms with Gasteiger partial charge in [-0.3, -0.25) is 9.78 Å². The third-order valence-corrected chi connectivity index (χ3v) is 5.68. The number of aryl methyl sites for hydroxylation is 4. The lowest BCUT2D eigenvalue weighted by atomic mass is 10.0. The van der Waals surface area contributed by atoms with Crippen molar-refractivity contribution in [3.05, 3.63) is 77.0 Å². The number of benzene rings is 1. The first kappa shape index (κ1) is 26.8. The summed E-state index contributed by atoms with van der Waals surface area (Å²) in [4.78, 5) is 24.6. The van der Waals surface area contributed by atoms with Crippen molar-refractivity contribution in [3.8, 4) is 0 Å². The smallest absolute Gasteiger partial charge is 0.436 e. The van der Waals surface area contributed by atoms with E-state index in [2.05, 4.69) is 30.0 Å². The van der Waals surface area contributed by atoms with Gasteiger partial charge in [-0.15, -0.1) is 0 Å². The van der Waals surface area contributed by atoms with E-state index < -0.39 is 23.5 Å². The molecule has 0 aliphatic heterocycles. The van der Waals surface area contributed by atoms with Crippen LogP contribution in [0.15, 0.2) is 47.3 Å². The predicted octanol–water partition coefficient (Wildman–Crippen LogP) is 5.83. The molecule has 0 saturated carbocycles. The van der Waals surface area contributed by atoms with Crippen molar-refractivity contribution in [2.75, 3.05) is 10.6 Å². The quantitative estimate of drug-likeness (QED) is 0.311. The highest BCUT2D eigenvalue weighted by Gasteiger charge is 2.41. The average molecular weight is 528 g/mol. The summed E-state index contributed by atoms with van der Waals surface area (Å²) in [7, 11) is 0. The molecule has 0 aliphatic carbocycles. The lowest BCUT2D eigenvalue weighted by molar-refractivity contribution is -0.153. The topological polar surface area (TPSA) is 111 Å². The minimum atomic E-state index is -4.83. The number of nitrogens with zero attached hydrogens (tertiary/aromatic N) is 5. The lowest BCUT2D eigenvalue weighted by Crippen LogP contribution is -2.24. The van der Waals surface area contributed by atoms with E-state index in [0.717, 1.165) is 22.6 Å². The third kappa shape index (κ3) is 6.18. The second-order valence-corrected chi connectivity index (χ2v) is 9.82.